The van der Waals surface area contributed by atoms with Gasteiger partial charge in [-0.05, 0) is 18.4 Å². The number of imidazole rings is 1. The van der Waals surface area contributed by atoms with E-state index in [9.17, 15) is 9.59 Å². The van der Waals surface area contributed by atoms with E-state index in [1.54, 1.807) is 24.2 Å². The summed E-state index contributed by atoms with van der Waals surface area (Å²) in [5, 5.41) is 14.0. The van der Waals surface area contributed by atoms with Gasteiger partial charge in [-0.3, -0.25) is 0 Å². The average Bonchev–Trinajstić information content (AvgIpc) is 2.87. The van der Waals surface area contributed by atoms with Gasteiger partial charge in [0, 0.05) is 25.4 Å². The summed E-state index contributed by atoms with van der Waals surface area (Å²) < 4.78 is 0. The van der Waals surface area contributed by atoms with Crippen LogP contribution in [0.1, 0.15) is 12.2 Å². The molecule has 1 heterocycles. The number of carboxylic acid groups (broad SMARTS) is 1. The van der Waals surface area contributed by atoms with E-state index in [0.29, 0.717) is 25.1 Å². The molecule has 1 rings (SSSR count). The molecule has 19 heavy (non-hydrogen) atoms. The number of urea groups is 1. The molecule has 1 unspecified atom stereocenters. The molecule has 0 fully saturated rings. The average molecular weight is 286 g/mol. The van der Waals surface area contributed by atoms with Crippen LogP contribution in [0, 0.1) is 0 Å². The van der Waals surface area contributed by atoms with Crippen molar-refractivity contribution in [2.45, 2.75) is 18.9 Å². The van der Waals surface area contributed by atoms with Crippen molar-refractivity contribution in [2.24, 2.45) is 0 Å². The first-order valence-electron chi connectivity index (χ1n) is 5.88. The van der Waals surface area contributed by atoms with Gasteiger partial charge >= 0.3 is 12.0 Å². The zero-order valence-corrected chi connectivity index (χ0v) is 11.5. The van der Waals surface area contributed by atoms with Crippen LogP contribution in [0.2, 0.25) is 0 Å². The third kappa shape index (κ3) is 6.14. The number of aromatic amines is 1. The Morgan fingerprint density at radius 2 is 2.37 bits per heavy atom. The fourth-order valence-electron chi connectivity index (χ4n) is 1.43. The number of rotatable bonds is 8. The van der Waals surface area contributed by atoms with Crippen LogP contribution in [0.3, 0.4) is 0 Å². The fraction of sp³-hybridized carbons (Fsp3) is 0.545. The lowest BCUT2D eigenvalue weighted by Crippen LogP contribution is -2.46. The van der Waals surface area contributed by atoms with Crippen LogP contribution < -0.4 is 10.6 Å². The van der Waals surface area contributed by atoms with Crippen molar-refractivity contribution in [3.8, 4) is 0 Å². The van der Waals surface area contributed by atoms with Crippen molar-refractivity contribution in [3.05, 3.63) is 18.2 Å². The Morgan fingerprint density at radius 3 is 2.95 bits per heavy atom. The summed E-state index contributed by atoms with van der Waals surface area (Å²) in [7, 11) is 0. The number of carbonyl (C=O) groups excluding carboxylic acids is 1. The number of thioether (sulfide) groups is 1. The third-order valence-corrected chi connectivity index (χ3v) is 3.06. The Balaban J connectivity index is 2.25. The number of nitrogens with one attached hydrogen (secondary N) is 3. The molecule has 1 aromatic rings. The van der Waals surface area contributed by atoms with E-state index >= 15 is 0 Å². The second kappa shape index (κ2) is 8.41. The van der Waals surface area contributed by atoms with E-state index < -0.39 is 18.0 Å². The van der Waals surface area contributed by atoms with Crippen LogP contribution in [0.4, 0.5) is 4.79 Å². The van der Waals surface area contributed by atoms with Crippen molar-refractivity contribution in [3.63, 3.8) is 0 Å². The molecule has 0 aliphatic carbocycles. The van der Waals surface area contributed by atoms with Gasteiger partial charge < -0.3 is 20.7 Å². The monoisotopic (exact) mass is 286 g/mol. The molecule has 0 saturated carbocycles. The molecule has 0 saturated heterocycles. The standard InChI is InChI=1S/C11H18N4O3S/c1-19-7-3-8(10(16)17)15-11(18)14-4-2-9-12-5-6-13-9/h5-6,8H,2-4,7H2,1H3,(H,12,13)(H,16,17)(H2,14,15,18). The molecule has 0 aromatic carbocycles. The first-order chi connectivity index (χ1) is 9.13. The largest absolute Gasteiger partial charge is 0.480 e. The lowest BCUT2D eigenvalue weighted by atomic mass is 10.2. The first kappa shape index (κ1) is 15.4. The van der Waals surface area contributed by atoms with Crippen LogP contribution in [-0.4, -0.2) is 51.7 Å². The van der Waals surface area contributed by atoms with E-state index in [4.69, 9.17) is 5.11 Å². The smallest absolute Gasteiger partial charge is 0.326 e. The maximum Gasteiger partial charge on any atom is 0.326 e. The SMILES string of the molecule is CSCCC(NC(=O)NCCc1ncc[nH]1)C(=O)O. The summed E-state index contributed by atoms with van der Waals surface area (Å²) >= 11 is 1.54. The second-order valence-electron chi connectivity index (χ2n) is 3.86. The normalized spacial score (nSPS) is 11.8. The number of amides is 2. The molecule has 0 radical (unpaired) electrons. The van der Waals surface area contributed by atoms with Crippen molar-refractivity contribution >= 4 is 23.8 Å². The maximum atomic E-state index is 11.5. The molecular weight excluding hydrogens is 268 g/mol. The zero-order chi connectivity index (χ0) is 14.1. The molecule has 2 amide bonds. The van der Waals surface area contributed by atoms with Crippen LogP contribution in [-0.2, 0) is 11.2 Å². The Kier molecular flexibility index (Phi) is 6.80. The molecule has 1 aromatic heterocycles. The number of H-pyrrole nitrogens is 1. The molecule has 7 nitrogen and oxygen atoms in total. The highest BCUT2D eigenvalue weighted by Gasteiger charge is 2.18. The molecule has 1 atom stereocenters. The molecule has 0 aliphatic heterocycles. The fourth-order valence-corrected chi connectivity index (χ4v) is 1.90. The minimum Gasteiger partial charge on any atom is -0.480 e. The topological polar surface area (TPSA) is 107 Å². The van der Waals surface area contributed by atoms with Crippen molar-refractivity contribution in [2.75, 3.05) is 18.6 Å². The zero-order valence-electron chi connectivity index (χ0n) is 10.7. The second-order valence-corrected chi connectivity index (χ2v) is 4.84. The molecule has 8 heteroatoms. The van der Waals surface area contributed by atoms with Gasteiger partial charge in [0.25, 0.3) is 0 Å². The van der Waals surface area contributed by atoms with Gasteiger partial charge in [0.05, 0.1) is 0 Å². The van der Waals surface area contributed by atoms with E-state index in [1.165, 1.54) is 0 Å². The lowest BCUT2D eigenvalue weighted by Gasteiger charge is -2.14. The van der Waals surface area contributed by atoms with Crippen LogP contribution >= 0.6 is 11.8 Å². The predicted molar refractivity (Wildman–Crippen MR) is 73.2 cm³/mol. The maximum absolute atomic E-state index is 11.5. The van der Waals surface area contributed by atoms with Gasteiger partial charge in [-0.1, -0.05) is 0 Å². The number of hydrogen-bond acceptors (Lipinski definition) is 4. The van der Waals surface area contributed by atoms with Crippen LogP contribution in [0.25, 0.3) is 0 Å². The summed E-state index contributed by atoms with van der Waals surface area (Å²) in [6, 6.07) is -1.32. The Labute approximate surface area is 115 Å². The summed E-state index contributed by atoms with van der Waals surface area (Å²) in [5.74, 6) is 0.441. The minimum absolute atomic E-state index is 0.397. The third-order valence-electron chi connectivity index (χ3n) is 2.42. The van der Waals surface area contributed by atoms with Gasteiger partial charge in [0.15, 0.2) is 0 Å². The van der Waals surface area contributed by atoms with Gasteiger partial charge in [-0.15, -0.1) is 0 Å². The van der Waals surface area contributed by atoms with E-state index in [-0.39, 0.29) is 0 Å². The summed E-state index contributed by atoms with van der Waals surface area (Å²) in [4.78, 5) is 29.4. The molecular formula is C11H18N4O3S. The molecule has 0 spiro atoms. The quantitative estimate of drug-likeness (QED) is 0.555. The Hall–Kier alpha value is -1.70. The lowest BCUT2D eigenvalue weighted by molar-refractivity contribution is -0.139. The predicted octanol–water partition coefficient (Wildman–Crippen LogP) is 0.458. The van der Waals surface area contributed by atoms with Crippen LogP contribution in [0.15, 0.2) is 12.4 Å². The molecule has 4 N–H and O–H groups in total. The highest BCUT2D eigenvalue weighted by Crippen LogP contribution is 2.00. The van der Waals surface area contributed by atoms with Gasteiger partial charge in [0.2, 0.25) is 0 Å². The number of carboxylic acids is 1. The van der Waals surface area contributed by atoms with Gasteiger partial charge in [-0.2, -0.15) is 11.8 Å². The van der Waals surface area contributed by atoms with Crippen molar-refractivity contribution in [1.82, 2.24) is 20.6 Å². The molecule has 0 bridgehead atoms. The Bertz CT molecular complexity index is 397. The van der Waals surface area contributed by atoms with Crippen LogP contribution in [0.5, 0.6) is 0 Å². The molecule has 106 valence electrons. The van der Waals surface area contributed by atoms with E-state index in [2.05, 4.69) is 20.6 Å². The van der Waals surface area contributed by atoms with E-state index in [1.807, 2.05) is 6.26 Å². The Morgan fingerprint density at radius 1 is 1.58 bits per heavy atom. The molecule has 0 aliphatic rings. The van der Waals surface area contributed by atoms with Crippen molar-refractivity contribution in [1.29, 1.82) is 0 Å². The number of aliphatic carboxylic acids is 1. The van der Waals surface area contributed by atoms with Gasteiger partial charge in [0.1, 0.15) is 11.9 Å². The number of hydrogen-bond donors (Lipinski definition) is 4. The summed E-state index contributed by atoms with van der Waals surface area (Å²) in [6.07, 6.45) is 6.21. The minimum atomic E-state index is -1.02. The number of aromatic nitrogens is 2. The number of nitrogens with zero attached hydrogens (tertiary/aromatic N) is 1. The highest BCUT2D eigenvalue weighted by atomic mass is 32.2. The highest BCUT2D eigenvalue weighted by molar-refractivity contribution is 7.98. The summed E-state index contributed by atoms with van der Waals surface area (Å²) in [6.45, 7) is 0.397. The van der Waals surface area contributed by atoms with E-state index in [0.717, 1.165) is 5.82 Å². The first-order valence-corrected chi connectivity index (χ1v) is 7.27. The van der Waals surface area contributed by atoms with Gasteiger partial charge in [-0.25, -0.2) is 14.6 Å². The summed E-state index contributed by atoms with van der Waals surface area (Å²) in [5.41, 5.74) is 0. The van der Waals surface area contributed by atoms with Crippen molar-refractivity contribution < 1.29 is 14.7 Å². The number of carbonyl (C=O) groups is 2.